The van der Waals surface area contributed by atoms with Crippen LogP contribution in [0.3, 0.4) is 0 Å². The zero-order valence-corrected chi connectivity index (χ0v) is 14.8. The van der Waals surface area contributed by atoms with E-state index in [9.17, 15) is 13.2 Å². The number of benzene rings is 1. The molecule has 0 heterocycles. The summed E-state index contributed by atoms with van der Waals surface area (Å²) in [6.07, 6.45) is 4.36. The van der Waals surface area contributed by atoms with Crippen LogP contribution in [0.4, 0.5) is 0 Å². The van der Waals surface area contributed by atoms with Crippen LogP contribution in [0, 0.1) is 5.92 Å². The van der Waals surface area contributed by atoms with E-state index in [1.807, 2.05) is 0 Å². The summed E-state index contributed by atoms with van der Waals surface area (Å²) in [5.74, 6) is 0.305. The van der Waals surface area contributed by atoms with Gasteiger partial charge in [0.05, 0.1) is 4.90 Å². The number of hydrogen-bond acceptors (Lipinski definition) is 3. The number of sulfone groups is 1. The highest BCUT2D eigenvalue weighted by molar-refractivity contribution is 9.09. The lowest BCUT2D eigenvalue weighted by atomic mass is 10.0. The fourth-order valence-electron chi connectivity index (χ4n) is 2.10. The second kappa shape index (κ2) is 8.54. The highest BCUT2D eigenvalue weighted by Gasteiger charge is 2.12. The molecule has 0 spiro atoms. The molecule has 0 aliphatic carbocycles. The fraction of sp³-hybridized carbons (Fsp3) is 0.533. The number of nitrogens with one attached hydrogen (secondary N) is 1. The first-order valence-electron chi connectivity index (χ1n) is 7.02. The molecule has 118 valence electrons. The van der Waals surface area contributed by atoms with Gasteiger partial charge in [-0.3, -0.25) is 4.79 Å². The standard InChI is InChI=1S/C15H22BrNO3S/c1-3-4-12(9-10-16)11-17-15(18)13-5-7-14(8-6-13)21(2,19)20/h5-8,12H,3-4,9-11H2,1-2H3,(H,17,18). The Balaban J connectivity index is 2.63. The molecule has 0 radical (unpaired) electrons. The maximum Gasteiger partial charge on any atom is 0.251 e. The molecule has 0 aromatic heterocycles. The van der Waals surface area contributed by atoms with Gasteiger partial charge in [0.2, 0.25) is 0 Å². The van der Waals surface area contributed by atoms with Crippen molar-refractivity contribution < 1.29 is 13.2 Å². The Bertz CT molecular complexity index is 549. The molecule has 0 aliphatic heterocycles. The molecule has 21 heavy (non-hydrogen) atoms. The highest BCUT2D eigenvalue weighted by atomic mass is 79.9. The van der Waals surface area contributed by atoms with Gasteiger partial charge in [-0.25, -0.2) is 8.42 Å². The Morgan fingerprint density at radius 2 is 1.86 bits per heavy atom. The molecular weight excluding hydrogens is 354 g/mol. The second-order valence-corrected chi connectivity index (χ2v) is 7.95. The van der Waals surface area contributed by atoms with E-state index in [2.05, 4.69) is 28.2 Å². The van der Waals surface area contributed by atoms with Gasteiger partial charge in [0.1, 0.15) is 0 Å². The van der Waals surface area contributed by atoms with Crippen molar-refractivity contribution in [3.63, 3.8) is 0 Å². The van der Waals surface area contributed by atoms with Crippen LogP contribution in [0.5, 0.6) is 0 Å². The van der Waals surface area contributed by atoms with Crippen LogP contribution >= 0.6 is 15.9 Å². The molecule has 0 saturated carbocycles. The van der Waals surface area contributed by atoms with Crippen LogP contribution in [0.2, 0.25) is 0 Å². The van der Waals surface area contributed by atoms with E-state index < -0.39 is 9.84 Å². The van der Waals surface area contributed by atoms with E-state index in [0.29, 0.717) is 18.0 Å². The number of amides is 1. The Labute approximate surface area is 135 Å². The smallest absolute Gasteiger partial charge is 0.251 e. The quantitative estimate of drug-likeness (QED) is 0.710. The summed E-state index contributed by atoms with van der Waals surface area (Å²) in [5, 5.41) is 3.84. The minimum absolute atomic E-state index is 0.161. The number of carbonyl (C=O) groups excluding carboxylic acids is 1. The molecule has 0 fully saturated rings. The van der Waals surface area contributed by atoms with Crippen molar-refractivity contribution in [3.05, 3.63) is 29.8 Å². The van der Waals surface area contributed by atoms with E-state index in [1.54, 1.807) is 12.1 Å². The van der Waals surface area contributed by atoms with Crippen molar-refractivity contribution >= 4 is 31.7 Å². The van der Waals surface area contributed by atoms with E-state index in [4.69, 9.17) is 0 Å². The molecule has 0 bridgehead atoms. The van der Waals surface area contributed by atoms with Crippen LogP contribution < -0.4 is 5.32 Å². The molecule has 1 aromatic carbocycles. The monoisotopic (exact) mass is 375 g/mol. The summed E-state index contributed by atoms with van der Waals surface area (Å²) in [6, 6.07) is 6.02. The van der Waals surface area contributed by atoms with Crippen molar-refractivity contribution in [3.8, 4) is 0 Å². The number of halogens is 1. The average Bonchev–Trinajstić information content (AvgIpc) is 2.44. The van der Waals surface area contributed by atoms with Gasteiger partial charge in [0.25, 0.3) is 5.91 Å². The zero-order valence-electron chi connectivity index (χ0n) is 12.4. The first-order chi connectivity index (χ1) is 9.88. The van der Waals surface area contributed by atoms with E-state index >= 15 is 0 Å². The molecule has 6 heteroatoms. The largest absolute Gasteiger partial charge is 0.352 e. The third-order valence-corrected chi connectivity index (χ3v) is 4.90. The third-order valence-electron chi connectivity index (χ3n) is 3.31. The van der Waals surface area contributed by atoms with Gasteiger partial charge in [0, 0.05) is 23.7 Å². The lowest BCUT2D eigenvalue weighted by Crippen LogP contribution is -2.29. The third kappa shape index (κ3) is 6.18. The molecule has 1 N–H and O–H groups in total. The van der Waals surface area contributed by atoms with Gasteiger partial charge in [-0.05, 0) is 43.0 Å². The summed E-state index contributed by atoms with van der Waals surface area (Å²) >= 11 is 3.43. The van der Waals surface area contributed by atoms with Crippen molar-refractivity contribution in [2.45, 2.75) is 31.1 Å². The van der Waals surface area contributed by atoms with Crippen LogP contribution in [0.1, 0.15) is 36.5 Å². The Morgan fingerprint density at radius 3 is 2.33 bits per heavy atom. The zero-order chi connectivity index (χ0) is 15.9. The van der Waals surface area contributed by atoms with Crippen LogP contribution in [-0.2, 0) is 9.84 Å². The van der Waals surface area contributed by atoms with E-state index in [-0.39, 0.29) is 10.8 Å². The summed E-state index contributed by atoms with van der Waals surface area (Å²) < 4.78 is 22.7. The summed E-state index contributed by atoms with van der Waals surface area (Å²) in [6.45, 7) is 2.78. The van der Waals surface area contributed by atoms with Gasteiger partial charge in [-0.1, -0.05) is 29.3 Å². The van der Waals surface area contributed by atoms with E-state index in [0.717, 1.165) is 30.8 Å². The molecule has 0 aliphatic rings. The number of hydrogen-bond donors (Lipinski definition) is 1. The van der Waals surface area contributed by atoms with Gasteiger partial charge in [0.15, 0.2) is 9.84 Å². The van der Waals surface area contributed by atoms with Gasteiger partial charge < -0.3 is 5.32 Å². The Morgan fingerprint density at radius 1 is 1.24 bits per heavy atom. The average molecular weight is 376 g/mol. The van der Waals surface area contributed by atoms with Crippen LogP contribution in [0.25, 0.3) is 0 Å². The van der Waals surface area contributed by atoms with E-state index in [1.165, 1.54) is 12.1 Å². The van der Waals surface area contributed by atoms with Crippen molar-refractivity contribution in [2.24, 2.45) is 5.92 Å². The Hall–Kier alpha value is -0.880. The summed E-state index contributed by atoms with van der Waals surface area (Å²) in [4.78, 5) is 12.3. The fourth-order valence-corrected chi connectivity index (χ4v) is 3.38. The number of rotatable bonds is 8. The van der Waals surface area contributed by atoms with Crippen molar-refractivity contribution in [1.29, 1.82) is 0 Å². The molecule has 1 amide bonds. The predicted molar refractivity (Wildman–Crippen MR) is 88.7 cm³/mol. The normalized spacial score (nSPS) is 12.9. The maximum atomic E-state index is 12.0. The Kier molecular flexibility index (Phi) is 7.39. The molecule has 1 atom stereocenters. The first kappa shape index (κ1) is 18.2. The topological polar surface area (TPSA) is 63.2 Å². The van der Waals surface area contributed by atoms with Crippen molar-refractivity contribution in [1.82, 2.24) is 5.32 Å². The lowest BCUT2D eigenvalue weighted by Gasteiger charge is -2.15. The summed E-state index contributed by atoms with van der Waals surface area (Å²) in [7, 11) is -3.22. The van der Waals surface area contributed by atoms with Crippen LogP contribution in [0.15, 0.2) is 29.2 Å². The van der Waals surface area contributed by atoms with Crippen LogP contribution in [-0.4, -0.2) is 32.5 Å². The summed E-state index contributed by atoms with van der Waals surface area (Å²) in [5.41, 5.74) is 0.483. The minimum Gasteiger partial charge on any atom is -0.352 e. The van der Waals surface area contributed by atoms with Gasteiger partial charge in [-0.15, -0.1) is 0 Å². The SMILES string of the molecule is CCCC(CCBr)CNC(=O)c1ccc(S(C)(=O)=O)cc1. The number of alkyl halides is 1. The highest BCUT2D eigenvalue weighted by Crippen LogP contribution is 2.13. The molecular formula is C15H22BrNO3S. The van der Waals surface area contributed by atoms with Crippen molar-refractivity contribution in [2.75, 3.05) is 18.1 Å². The molecule has 0 saturated heterocycles. The first-order valence-corrected chi connectivity index (χ1v) is 10.0. The molecule has 4 nitrogen and oxygen atoms in total. The maximum absolute atomic E-state index is 12.0. The minimum atomic E-state index is -3.22. The molecule has 1 aromatic rings. The molecule has 1 rings (SSSR count). The van der Waals surface area contributed by atoms with Gasteiger partial charge in [-0.2, -0.15) is 0 Å². The van der Waals surface area contributed by atoms with Gasteiger partial charge >= 0.3 is 0 Å². The second-order valence-electron chi connectivity index (χ2n) is 5.14. The predicted octanol–water partition coefficient (Wildman–Crippen LogP) is 3.02. The molecule has 1 unspecified atom stereocenters. The lowest BCUT2D eigenvalue weighted by molar-refractivity contribution is 0.0946. The number of carbonyl (C=O) groups is 1.